The number of anilines is 1. The molecule has 2 aliphatic heterocycles. The first-order chi connectivity index (χ1) is 12.0. The summed E-state index contributed by atoms with van der Waals surface area (Å²) in [4.78, 5) is 28.6. The quantitative estimate of drug-likeness (QED) is 0.887. The number of hydrogen-bond donors (Lipinski definition) is 1. The molecule has 0 aromatic carbocycles. The van der Waals surface area contributed by atoms with Crippen LogP contribution in [0.5, 0.6) is 0 Å². The Labute approximate surface area is 149 Å². The molecule has 0 radical (unpaired) electrons. The van der Waals surface area contributed by atoms with Crippen molar-refractivity contribution < 1.29 is 9.59 Å². The Kier molecular flexibility index (Phi) is 5.42. The fourth-order valence-corrected chi connectivity index (χ4v) is 3.94. The van der Waals surface area contributed by atoms with Crippen molar-refractivity contribution in [2.45, 2.75) is 51.6 Å². The van der Waals surface area contributed by atoms with Gasteiger partial charge in [0.1, 0.15) is 0 Å². The van der Waals surface area contributed by atoms with E-state index in [1.165, 1.54) is 0 Å². The molecule has 138 valence electrons. The minimum absolute atomic E-state index is 0.138. The Morgan fingerprint density at radius 3 is 2.80 bits per heavy atom. The Balaban J connectivity index is 1.61. The van der Waals surface area contributed by atoms with Crippen molar-refractivity contribution >= 4 is 17.5 Å². The van der Waals surface area contributed by atoms with Crippen molar-refractivity contribution in [3.63, 3.8) is 0 Å². The lowest BCUT2D eigenvalue weighted by Crippen LogP contribution is -2.58. The van der Waals surface area contributed by atoms with E-state index < -0.39 is 0 Å². The summed E-state index contributed by atoms with van der Waals surface area (Å²) in [5.74, 6) is 0.714. The minimum Gasteiger partial charge on any atom is -0.342 e. The van der Waals surface area contributed by atoms with E-state index in [4.69, 9.17) is 0 Å². The van der Waals surface area contributed by atoms with Crippen LogP contribution in [0.15, 0.2) is 12.4 Å². The van der Waals surface area contributed by atoms with Crippen LogP contribution in [0.2, 0.25) is 0 Å². The first-order valence-electron chi connectivity index (χ1n) is 9.33. The molecule has 2 fully saturated rings. The number of nitrogens with one attached hydrogen (secondary N) is 1. The highest BCUT2D eigenvalue weighted by molar-refractivity contribution is 5.97. The van der Waals surface area contributed by atoms with Crippen LogP contribution in [-0.2, 0) is 16.6 Å². The summed E-state index contributed by atoms with van der Waals surface area (Å²) in [6.45, 7) is 6.38. The number of aromatic nitrogens is 2. The number of likely N-dealkylation sites (tertiary alicyclic amines) is 1. The van der Waals surface area contributed by atoms with Gasteiger partial charge in [-0.3, -0.25) is 14.3 Å². The topological polar surface area (TPSA) is 70.5 Å². The lowest BCUT2D eigenvalue weighted by atomic mass is 9.91. The van der Waals surface area contributed by atoms with Crippen LogP contribution in [0.4, 0.5) is 5.69 Å². The van der Waals surface area contributed by atoms with Gasteiger partial charge < -0.3 is 15.1 Å². The van der Waals surface area contributed by atoms with Gasteiger partial charge in [-0.15, -0.1) is 0 Å². The van der Waals surface area contributed by atoms with Crippen LogP contribution in [-0.4, -0.2) is 58.2 Å². The summed E-state index contributed by atoms with van der Waals surface area (Å²) in [5.41, 5.74) is 0.871. The summed E-state index contributed by atoms with van der Waals surface area (Å²) < 4.78 is 1.72. The molecule has 3 atom stereocenters. The second-order valence-electron chi connectivity index (χ2n) is 7.29. The summed E-state index contributed by atoms with van der Waals surface area (Å²) in [6.07, 6.45) is 6.96. The molecular formula is C18H29N5O2. The largest absolute Gasteiger partial charge is 0.342 e. The maximum Gasteiger partial charge on any atom is 0.244 e. The molecule has 2 aliphatic rings. The SMILES string of the molecule is CCC(=O)N1CC[C@H](N[C@@H]2CCCN(c3cnn(C)c3)C2=O)[C@@H](C)C1. The van der Waals surface area contributed by atoms with Crippen LogP contribution in [0.25, 0.3) is 0 Å². The van der Waals surface area contributed by atoms with Crippen molar-refractivity contribution in [2.75, 3.05) is 24.5 Å². The first kappa shape index (κ1) is 17.9. The van der Waals surface area contributed by atoms with Crippen LogP contribution in [0.3, 0.4) is 0 Å². The smallest absolute Gasteiger partial charge is 0.244 e. The van der Waals surface area contributed by atoms with Gasteiger partial charge in [-0.25, -0.2) is 0 Å². The number of carbonyl (C=O) groups excluding carboxylic acids is 2. The highest BCUT2D eigenvalue weighted by Crippen LogP contribution is 2.23. The molecule has 0 bridgehead atoms. The van der Waals surface area contributed by atoms with Gasteiger partial charge in [0.25, 0.3) is 0 Å². The molecule has 1 N–H and O–H groups in total. The van der Waals surface area contributed by atoms with E-state index in [0.29, 0.717) is 12.3 Å². The molecule has 0 unspecified atom stereocenters. The van der Waals surface area contributed by atoms with Crippen molar-refractivity contribution in [1.82, 2.24) is 20.0 Å². The molecule has 2 amide bonds. The van der Waals surface area contributed by atoms with E-state index in [9.17, 15) is 9.59 Å². The molecule has 25 heavy (non-hydrogen) atoms. The number of piperidine rings is 2. The van der Waals surface area contributed by atoms with Gasteiger partial charge in [0.2, 0.25) is 11.8 Å². The molecule has 1 aromatic rings. The van der Waals surface area contributed by atoms with Crippen molar-refractivity contribution in [3.8, 4) is 0 Å². The number of rotatable bonds is 4. The Morgan fingerprint density at radius 2 is 2.16 bits per heavy atom. The number of aryl methyl sites for hydroxylation is 1. The van der Waals surface area contributed by atoms with Crippen molar-refractivity contribution in [3.05, 3.63) is 12.4 Å². The van der Waals surface area contributed by atoms with Crippen molar-refractivity contribution in [1.29, 1.82) is 0 Å². The van der Waals surface area contributed by atoms with E-state index in [0.717, 1.165) is 44.6 Å². The van der Waals surface area contributed by atoms with Gasteiger partial charge in [0.15, 0.2) is 0 Å². The monoisotopic (exact) mass is 347 g/mol. The summed E-state index contributed by atoms with van der Waals surface area (Å²) in [7, 11) is 1.86. The lowest BCUT2D eigenvalue weighted by Gasteiger charge is -2.40. The first-order valence-corrected chi connectivity index (χ1v) is 9.33. The highest BCUT2D eigenvalue weighted by atomic mass is 16.2. The van der Waals surface area contributed by atoms with Gasteiger partial charge in [0.05, 0.1) is 17.9 Å². The number of carbonyl (C=O) groups is 2. The Hall–Kier alpha value is -1.89. The maximum absolute atomic E-state index is 12.9. The molecule has 3 heterocycles. The molecule has 3 rings (SSSR count). The summed E-state index contributed by atoms with van der Waals surface area (Å²) >= 11 is 0. The normalized spacial score (nSPS) is 27.6. The lowest BCUT2D eigenvalue weighted by molar-refractivity contribution is -0.133. The molecule has 7 heteroatoms. The van der Waals surface area contributed by atoms with Crippen LogP contribution in [0.1, 0.15) is 39.5 Å². The predicted octanol–water partition coefficient (Wildman–Crippen LogP) is 1.15. The molecule has 2 saturated heterocycles. The molecule has 0 aliphatic carbocycles. The van der Waals surface area contributed by atoms with Crippen molar-refractivity contribution in [2.24, 2.45) is 13.0 Å². The standard InChI is InChI=1S/C18H29N5O2/c1-4-17(24)22-9-7-15(13(2)11-22)20-16-6-5-8-23(18(16)25)14-10-19-21(3)12-14/h10,12-13,15-16,20H,4-9,11H2,1-3H3/t13-,15-,16+/m0/s1. The third-order valence-electron chi connectivity index (χ3n) is 5.42. The minimum atomic E-state index is -0.144. The molecule has 7 nitrogen and oxygen atoms in total. The van der Waals surface area contributed by atoms with E-state index in [1.807, 2.05) is 30.0 Å². The third-order valence-corrected chi connectivity index (χ3v) is 5.42. The fraction of sp³-hybridized carbons (Fsp3) is 0.722. The molecule has 0 saturated carbocycles. The van der Waals surface area contributed by atoms with Gasteiger partial charge in [-0.2, -0.15) is 5.10 Å². The maximum atomic E-state index is 12.9. The highest BCUT2D eigenvalue weighted by Gasteiger charge is 2.35. The zero-order valence-corrected chi connectivity index (χ0v) is 15.4. The molecule has 0 spiro atoms. The van der Waals surface area contributed by atoms with E-state index >= 15 is 0 Å². The Morgan fingerprint density at radius 1 is 1.36 bits per heavy atom. The summed E-state index contributed by atoms with van der Waals surface area (Å²) in [5, 5.41) is 7.76. The van der Waals surface area contributed by atoms with Gasteiger partial charge in [-0.1, -0.05) is 13.8 Å². The average Bonchev–Trinajstić information content (AvgIpc) is 3.03. The number of amides is 2. The average molecular weight is 347 g/mol. The van der Waals surface area contributed by atoms with E-state index in [-0.39, 0.29) is 23.9 Å². The van der Waals surface area contributed by atoms with E-state index in [2.05, 4.69) is 17.3 Å². The second kappa shape index (κ2) is 7.56. The van der Waals surface area contributed by atoms with Crippen LogP contribution >= 0.6 is 0 Å². The van der Waals surface area contributed by atoms with E-state index in [1.54, 1.807) is 10.9 Å². The zero-order valence-electron chi connectivity index (χ0n) is 15.4. The number of hydrogen-bond acceptors (Lipinski definition) is 4. The van der Waals surface area contributed by atoms with Crippen LogP contribution < -0.4 is 10.2 Å². The van der Waals surface area contributed by atoms with Gasteiger partial charge in [-0.05, 0) is 25.2 Å². The second-order valence-corrected chi connectivity index (χ2v) is 7.29. The fourth-order valence-electron chi connectivity index (χ4n) is 3.94. The Bertz CT molecular complexity index is 629. The third kappa shape index (κ3) is 3.86. The molecular weight excluding hydrogens is 318 g/mol. The van der Waals surface area contributed by atoms with Gasteiger partial charge >= 0.3 is 0 Å². The molecule has 1 aromatic heterocycles. The predicted molar refractivity (Wildman–Crippen MR) is 96.2 cm³/mol. The zero-order chi connectivity index (χ0) is 18.0. The number of nitrogens with zero attached hydrogens (tertiary/aromatic N) is 4. The van der Waals surface area contributed by atoms with Crippen LogP contribution in [0, 0.1) is 5.92 Å². The summed E-state index contributed by atoms with van der Waals surface area (Å²) in [6, 6.07) is 0.138. The van der Waals surface area contributed by atoms with Gasteiger partial charge in [0, 0.05) is 45.3 Å².